The van der Waals surface area contributed by atoms with Gasteiger partial charge in [0.1, 0.15) is 12.0 Å². The Morgan fingerprint density at radius 1 is 1.28 bits per heavy atom. The first kappa shape index (κ1) is 22.3. The number of aromatic nitrogens is 2. The van der Waals surface area contributed by atoms with E-state index < -0.39 is 5.56 Å². The zero-order valence-corrected chi connectivity index (χ0v) is 17.6. The van der Waals surface area contributed by atoms with Gasteiger partial charge >= 0.3 is 5.69 Å². The molecule has 1 atom stereocenters. The molecule has 0 aliphatic rings. The van der Waals surface area contributed by atoms with E-state index in [2.05, 4.69) is 0 Å². The van der Waals surface area contributed by atoms with E-state index in [0.717, 1.165) is 6.29 Å². The number of aryl methyl sites for hydroxylation is 2. The summed E-state index contributed by atoms with van der Waals surface area (Å²) in [6.45, 7) is 7.22. The number of aliphatic hydroxyl groups is 1. The van der Waals surface area contributed by atoms with Crippen molar-refractivity contribution in [3.63, 3.8) is 0 Å². The highest BCUT2D eigenvalue weighted by molar-refractivity contribution is 6.02. The molecule has 0 amide bonds. The van der Waals surface area contributed by atoms with Crippen molar-refractivity contribution in [1.82, 2.24) is 9.13 Å². The molecule has 0 spiro atoms. The number of aldehydes is 1. The summed E-state index contributed by atoms with van der Waals surface area (Å²) in [5.41, 5.74) is 0.769. The lowest BCUT2D eigenvalue weighted by Crippen LogP contribution is -2.39. The lowest BCUT2D eigenvalue weighted by Gasteiger charge is -2.15. The summed E-state index contributed by atoms with van der Waals surface area (Å²) in [6, 6.07) is 3.22. The summed E-state index contributed by atoms with van der Waals surface area (Å²) in [6.07, 6.45) is 1.84. The minimum atomic E-state index is -0.402. The van der Waals surface area contributed by atoms with Crippen LogP contribution in [0.25, 0.3) is 16.7 Å². The van der Waals surface area contributed by atoms with Crippen LogP contribution in [0.15, 0.2) is 27.3 Å². The van der Waals surface area contributed by atoms with Crippen LogP contribution in [0.1, 0.15) is 51.2 Å². The molecule has 29 heavy (non-hydrogen) atoms. The van der Waals surface area contributed by atoms with Crippen molar-refractivity contribution in [3.05, 3.63) is 49.7 Å². The molecule has 0 saturated carbocycles. The van der Waals surface area contributed by atoms with Gasteiger partial charge in [-0.05, 0) is 43.9 Å². The molecule has 0 aliphatic heterocycles. The van der Waals surface area contributed by atoms with Gasteiger partial charge in [0.25, 0.3) is 5.56 Å². The maximum atomic E-state index is 13.0. The fourth-order valence-electron chi connectivity index (χ4n) is 3.48. The Morgan fingerprint density at radius 2 is 1.93 bits per heavy atom. The average molecular weight is 400 g/mol. The van der Waals surface area contributed by atoms with Gasteiger partial charge in [0.15, 0.2) is 5.78 Å². The lowest BCUT2D eigenvalue weighted by molar-refractivity contribution is -0.116. The molecular weight excluding hydrogens is 372 g/mol. The molecule has 1 aromatic carbocycles. The van der Waals surface area contributed by atoms with Crippen LogP contribution in [0.5, 0.6) is 0 Å². The maximum Gasteiger partial charge on any atom is 0.331 e. The van der Waals surface area contributed by atoms with Crippen molar-refractivity contribution in [1.29, 1.82) is 0 Å². The third-order valence-corrected chi connectivity index (χ3v) is 5.29. The van der Waals surface area contributed by atoms with Crippen molar-refractivity contribution in [2.75, 3.05) is 0 Å². The number of aliphatic hydroxyl groups excluding tert-OH is 1. The molecule has 156 valence electrons. The summed E-state index contributed by atoms with van der Waals surface area (Å²) >= 11 is 0. The van der Waals surface area contributed by atoms with Gasteiger partial charge in [-0.1, -0.05) is 13.8 Å². The Bertz CT molecular complexity index is 1100. The number of allylic oxidation sites excluding steroid dienone is 1. The van der Waals surface area contributed by atoms with Crippen LogP contribution in [0, 0.1) is 12.8 Å². The minimum absolute atomic E-state index is 0.115. The van der Waals surface area contributed by atoms with E-state index in [1.54, 1.807) is 33.0 Å². The smallest absolute Gasteiger partial charge is 0.331 e. The summed E-state index contributed by atoms with van der Waals surface area (Å²) in [4.78, 5) is 48.5. The van der Waals surface area contributed by atoms with Crippen LogP contribution in [0.2, 0.25) is 0 Å². The van der Waals surface area contributed by atoms with E-state index in [1.807, 2.05) is 6.92 Å². The van der Waals surface area contributed by atoms with Crippen molar-refractivity contribution in [2.24, 2.45) is 13.0 Å². The summed E-state index contributed by atoms with van der Waals surface area (Å²) in [5.74, 6) is -0.556. The molecule has 1 heterocycles. The number of carbonyl (C=O) groups is 2. The van der Waals surface area contributed by atoms with E-state index >= 15 is 0 Å². The molecule has 7 heteroatoms. The molecule has 0 bridgehead atoms. The predicted octanol–water partition coefficient (Wildman–Crippen LogP) is 2.89. The SMILES string of the molecule is CCCn1c(=O)c2c(C)c(C(O)=C(C)C(=O)CC(C)CC=O)ccc2n(C)c1=O. The minimum Gasteiger partial charge on any atom is -0.507 e. The van der Waals surface area contributed by atoms with Gasteiger partial charge in [0, 0.05) is 37.6 Å². The van der Waals surface area contributed by atoms with Crippen molar-refractivity contribution in [2.45, 2.75) is 53.5 Å². The third kappa shape index (κ3) is 4.23. The average Bonchev–Trinajstić information content (AvgIpc) is 2.68. The quantitative estimate of drug-likeness (QED) is 0.417. The molecular formula is C22H28N2O5. The fraction of sp³-hybridized carbons (Fsp3) is 0.455. The number of nitrogens with zero attached hydrogens (tertiary/aromatic N) is 2. The first-order chi connectivity index (χ1) is 13.6. The number of carbonyl (C=O) groups excluding carboxylic acids is 2. The predicted molar refractivity (Wildman–Crippen MR) is 113 cm³/mol. The van der Waals surface area contributed by atoms with E-state index in [-0.39, 0.29) is 41.6 Å². The van der Waals surface area contributed by atoms with Gasteiger partial charge in [-0.3, -0.25) is 18.7 Å². The van der Waals surface area contributed by atoms with Gasteiger partial charge < -0.3 is 9.90 Å². The highest BCUT2D eigenvalue weighted by Crippen LogP contribution is 2.26. The highest BCUT2D eigenvalue weighted by Gasteiger charge is 2.20. The third-order valence-electron chi connectivity index (χ3n) is 5.29. The Morgan fingerprint density at radius 3 is 2.52 bits per heavy atom. The number of ketones is 1. The molecule has 0 saturated heterocycles. The number of hydrogen-bond donors (Lipinski definition) is 1. The summed E-state index contributed by atoms with van der Waals surface area (Å²) in [5, 5.41) is 11.1. The van der Waals surface area contributed by atoms with Crippen LogP contribution in [0.3, 0.4) is 0 Å². The number of benzene rings is 1. The molecule has 0 aliphatic carbocycles. The molecule has 1 aromatic heterocycles. The van der Waals surface area contributed by atoms with E-state index in [9.17, 15) is 24.3 Å². The number of Topliss-reactive ketones (excluding diaryl/α,β-unsaturated/α-hetero) is 1. The Hall–Kier alpha value is -2.96. The van der Waals surface area contributed by atoms with E-state index in [4.69, 9.17) is 0 Å². The van der Waals surface area contributed by atoms with Crippen LogP contribution >= 0.6 is 0 Å². The number of rotatable bonds is 8. The number of fused-ring (bicyclic) bond motifs is 1. The second-order valence-corrected chi connectivity index (χ2v) is 7.54. The van der Waals surface area contributed by atoms with Gasteiger partial charge in [-0.2, -0.15) is 0 Å². The fourth-order valence-corrected chi connectivity index (χ4v) is 3.48. The van der Waals surface area contributed by atoms with Crippen LogP contribution in [-0.4, -0.2) is 26.3 Å². The van der Waals surface area contributed by atoms with Crippen LogP contribution in [-0.2, 0) is 23.2 Å². The Balaban J connectivity index is 2.67. The molecule has 0 radical (unpaired) electrons. The largest absolute Gasteiger partial charge is 0.507 e. The van der Waals surface area contributed by atoms with Crippen LogP contribution in [0.4, 0.5) is 0 Å². The Kier molecular flexibility index (Phi) is 6.95. The first-order valence-electron chi connectivity index (χ1n) is 9.75. The molecule has 0 fully saturated rings. The molecule has 7 nitrogen and oxygen atoms in total. The summed E-state index contributed by atoms with van der Waals surface area (Å²) in [7, 11) is 1.61. The second kappa shape index (κ2) is 9.03. The topological polar surface area (TPSA) is 98.4 Å². The van der Waals surface area contributed by atoms with Gasteiger partial charge in [0.2, 0.25) is 0 Å². The lowest BCUT2D eigenvalue weighted by atomic mass is 9.94. The van der Waals surface area contributed by atoms with Crippen molar-refractivity contribution in [3.8, 4) is 0 Å². The van der Waals surface area contributed by atoms with Gasteiger partial charge in [0.05, 0.1) is 10.9 Å². The standard InChI is InChI=1S/C22H28N2O5/c1-6-10-24-21(28)19-14(3)16(7-8-17(19)23(5)22(24)29)20(27)15(4)18(26)12-13(2)9-11-25/h7-8,11,13,27H,6,9-10,12H2,1-5H3. The van der Waals surface area contributed by atoms with Crippen molar-refractivity contribution >= 4 is 28.7 Å². The van der Waals surface area contributed by atoms with Crippen LogP contribution < -0.4 is 11.2 Å². The zero-order valence-electron chi connectivity index (χ0n) is 17.6. The summed E-state index contributed by atoms with van der Waals surface area (Å²) < 4.78 is 2.61. The normalized spacial score (nSPS) is 13.3. The first-order valence-corrected chi connectivity index (χ1v) is 9.75. The number of hydrogen-bond acceptors (Lipinski definition) is 5. The van der Waals surface area contributed by atoms with Gasteiger partial charge in [-0.25, -0.2) is 4.79 Å². The molecule has 2 rings (SSSR count). The Labute approximate surface area is 169 Å². The highest BCUT2D eigenvalue weighted by atomic mass is 16.3. The molecule has 1 N–H and O–H groups in total. The van der Waals surface area contributed by atoms with E-state index in [0.29, 0.717) is 35.0 Å². The molecule has 1 unspecified atom stereocenters. The maximum absolute atomic E-state index is 13.0. The second-order valence-electron chi connectivity index (χ2n) is 7.54. The zero-order chi connectivity index (χ0) is 21.9. The molecule has 2 aromatic rings. The monoisotopic (exact) mass is 400 g/mol. The van der Waals surface area contributed by atoms with Crippen molar-refractivity contribution < 1.29 is 14.7 Å². The van der Waals surface area contributed by atoms with E-state index in [1.165, 1.54) is 16.1 Å². The van der Waals surface area contributed by atoms with Gasteiger partial charge in [-0.15, -0.1) is 0 Å².